The van der Waals surface area contributed by atoms with Gasteiger partial charge in [-0.25, -0.2) is 4.39 Å². The van der Waals surface area contributed by atoms with Gasteiger partial charge in [-0.15, -0.1) is 0 Å². The summed E-state index contributed by atoms with van der Waals surface area (Å²) in [5.41, 5.74) is 6.77. The van der Waals surface area contributed by atoms with E-state index in [4.69, 9.17) is 10.5 Å². The minimum Gasteiger partial charge on any atom is -0.444 e. The molecular formula is C14H11FN2OS. The van der Waals surface area contributed by atoms with Crippen molar-refractivity contribution in [3.05, 3.63) is 53.8 Å². The van der Waals surface area contributed by atoms with Gasteiger partial charge in [0.15, 0.2) is 0 Å². The highest BCUT2D eigenvalue weighted by Crippen LogP contribution is 2.34. The summed E-state index contributed by atoms with van der Waals surface area (Å²) >= 11 is 1.25. The van der Waals surface area contributed by atoms with E-state index in [1.807, 2.05) is 24.3 Å². The van der Waals surface area contributed by atoms with E-state index in [1.54, 1.807) is 12.1 Å². The third-order valence-corrected chi connectivity index (χ3v) is 3.56. The molecule has 0 amide bonds. The number of halogens is 1. The number of hydrogen-bond acceptors (Lipinski definition) is 4. The lowest BCUT2D eigenvalue weighted by molar-refractivity contribution is 0.492. The third kappa shape index (κ3) is 2.30. The van der Waals surface area contributed by atoms with Gasteiger partial charge in [0.05, 0.1) is 10.9 Å². The second kappa shape index (κ2) is 4.95. The number of aromatic nitrogens is 1. The molecule has 19 heavy (non-hydrogen) atoms. The molecule has 3 rings (SSSR count). The molecular weight excluding hydrogens is 263 g/mol. The number of benzene rings is 2. The van der Waals surface area contributed by atoms with Crippen LogP contribution >= 0.6 is 11.5 Å². The van der Waals surface area contributed by atoms with E-state index in [2.05, 4.69) is 4.37 Å². The van der Waals surface area contributed by atoms with Crippen LogP contribution in [-0.4, -0.2) is 4.37 Å². The molecule has 0 fully saturated rings. The first-order valence-corrected chi connectivity index (χ1v) is 6.56. The Morgan fingerprint density at radius 2 is 2.05 bits per heavy atom. The highest BCUT2D eigenvalue weighted by molar-refractivity contribution is 7.09. The van der Waals surface area contributed by atoms with Gasteiger partial charge in [-0.1, -0.05) is 18.2 Å². The van der Waals surface area contributed by atoms with E-state index in [9.17, 15) is 4.39 Å². The van der Waals surface area contributed by atoms with E-state index in [0.717, 1.165) is 10.9 Å². The molecule has 3 aromatic rings. The van der Waals surface area contributed by atoms with Crippen molar-refractivity contribution in [1.82, 2.24) is 4.37 Å². The Morgan fingerprint density at radius 3 is 2.84 bits per heavy atom. The summed E-state index contributed by atoms with van der Waals surface area (Å²) in [6.07, 6.45) is 0. The topological polar surface area (TPSA) is 48.1 Å². The molecule has 1 heterocycles. The normalized spacial score (nSPS) is 10.8. The van der Waals surface area contributed by atoms with Crippen LogP contribution in [0.25, 0.3) is 10.9 Å². The summed E-state index contributed by atoms with van der Waals surface area (Å²) in [6.45, 7) is 0.176. The zero-order valence-corrected chi connectivity index (χ0v) is 10.8. The first-order valence-electron chi connectivity index (χ1n) is 5.78. The molecule has 5 heteroatoms. The standard InChI is InChI=1S/C14H11FN2OS/c15-12-7-10(6-5-9(12)8-16)18-14-11-3-1-2-4-13(11)17-19-14/h1-7H,8,16H2. The van der Waals surface area contributed by atoms with E-state index in [-0.39, 0.29) is 12.4 Å². The summed E-state index contributed by atoms with van der Waals surface area (Å²) in [4.78, 5) is 0. The second-order valence-corrected chi connectivity index (χ2v) is 4.78. The van der Waals surface area contributed by atoms with Crippen molar-refractivity contribution in [1.29, 1.82) is 0 Å². The molecule has 2 N–H and O–H groups in total. The van der Waals surface area contributed by atoms with Crippen LogP contribution in [0.1, 0.15) is 5.56 Å². The van der Waals surface area contributed by atoms with Crippen molar-refractivity contribution in [2.45, 2.75) is 6.54 Å². The van der Waals surface area contributed by atoms with Gasteiger partial charge in [-0.2, -0.15) is 4.37 Å². The van der Waals surface area contributed by atoms with E-state index in [0.29, 0.717) is 16.4 Å². The fourth-order valence-corrected chi connectivity index (χ4v) is 2.55. The largest absolute Gasteiger partial charge is 0.444 e. The maximum atomic E-state index is 13.6. The van der Waals surface area contributed by atoms with E-state index in [1.165, 1.54) is 17.6 Å². The Morgan fingerprint density at radius 1 is 1.21 bits per heavy atom. The molecule has 0 aliphatic rings. The molecule has 0 saturated heterocycles. The van der Waals surface area contributed by atoms with Crippen LogP contribution < -0.4 is 10.5 Å². The Balaban J connectivity index is 1.95. The summed E-state index contributed by atoms with van der Waals surface area (Å²) in [7, 11) is 0. The lowest BCUT2D eigenvalue weighted by Crippen LogP contribution is -1.99. The molecule has 0 saturated carbocycles. The van der Waals surface area contributed by atoms with E-state index < -0.39 is 0 Å². The minimum atomic E-state index is -0.353. The summed E-state index contributed by atoms with van der Waals surface area (Å²) in [5, 5.41) is 1.59. The van der Waals surface area contributed by atoms with Crippen molar-refractivity contribution >= 4 is 22.4 Å². The van der Waals surface area contributed by atoms with Crippen molar-refractivity contribution in [3.8, 4) is 10.8 Å². The molecule has 3 nitrogen and oxygen atoms in total. The van der Waals surface area contributed by atoms with Crippen molar-refractivity contribution in [2.24, 2.45) is 5.73 Å². The molecule has 0 unspecified atom stereocenters. The number of nitrogens with zero attached hydrogens (tertiary/aromatic N) is 1. The summed E-state index contributed by atoms with van der Waals surface area (Å²) < 4.78 is 23.6. The molecule has 0 aliphatic heterocycles. The fourth-order valence-electron chi connectivity index (χ4n) is 1.80. The lowest BCUT2D eigenvalue weighted by atomic mass is 10.2. The van der Waals surface area contributed by atoms with Crippen LogP contribution in [0.15, 0.2) is 42.5 Å². The van der Waals surface area contributed by atoms with Gasteiger partial charge in [-0.3, -0.25) is 0 Å². The zero-order valence-electron chi connectivity index (χ0n) is 9.97. The van der Waals surface area contributed by atoms with Crippen LogP contribution in [0.4, 0.5) is 4.39 Å². The quantitative estimate of drug-likeness (QED) is 0.792. The average molecular weight is 274 g/mol. The molecule has 0 atom stereocenters. The highest BCUT2D eigenvalue weighted by atomic mass is 32.1. The predicted molar refractivity (Wildman–Crippen MR) is 74.0 cm³/mol. The van der Waals surface area contributed by atoms with Gasteiger partial charge in [0, 0.05) is 29.7 Å². The number of fused-ring (bicyclic) bond motifs is 1. The number of rotatable bonds is 3. The lowest BCUT2D eigenvalue weighted by Gasteiger charge is -2.05. The van der Waals surface area contributed by atoms with Crippen molar-refractivity contribution in [2.75, 3.05) is 0 Å². The molecule has 2 aromatic carbocycles. The van der Waals surface area contributed by atoms with Crippen LogP contribution in [0.3, 0.4) is 0 Å². The first kappa shape index (κ1) is 12.1. The Kier molecular flexibility index (Phi) is 3.15. The predicted octanol–water partition coefficient (Wildman–Crippen LogP) is 3.69. The molecule has 0 bridgehead atoms. The Labute approximate surface area is 113 Å². The number of ether oxygens (including phenoxy) is 1. The summed E-state index contributed by atoms with van der Waals surface area (Å²) in [5.74, 6) is 0.0953. The van der Waals surface area contributed by atoms with Crippen LogP contribution in [0, 0.1) is 5.82 Å². The van der Waals surface area contributed by atoms with Crippen LogP contribution in [-0.2, 0) is 6.54 Å². The van der Waals surface area contributed by atoms with E-state index >= 15 is 0 Å². The van der Waals surface area contributed by atoms with Gasteiger partial charge in [-0.05, 0) is 18.2 Å². The first-order chi connectivity index (χ1) is 9.28. The van der Waals surface area contributed by atoms with Gasteiger partial charge < -0.3 is 10.5 Å². The van der Waals surface area contributed by atoms with Gasteiger partial charge in [0.25, 0.3) is 0 Å². The fraction of sp³-hybridized carbons (Fsp3) is 0.0714. The van der Waals surface area contributed by atoms with Crippen molar-refractivity contribution in [3.63, 3.8) is 0 Å². The molecule has 0 radical (unpaired) electrons. The van der Waals surface area contributed by atoms with Gasteiger partial charge >= 0.3 is 0 Å². The number of nitrogens with two attached hydrogens (primary N) is 1. The van der Waals surface area contributed by atoms with Gasteiger partial charge in [0.1, 0.15) is 11.6 Å². The monoisotopic (exact) mass is 274 g/mol. The molecule has 1 aromatic heterocycles. The number of hydrogen-bond donors (Lipinski definition) is 1. The zero-order chi connectivity index (χ0) is 13.2. The SMILES string of the molecule is NCc1ccc(Oc2snc3ccccc23)cc1F. The minimum absolute atomic E-state index is 0.176. The van der Waals surface area contributed by atoms with Crippen molar-refractivity contribution < 1.29 is 9.13 Å². The van der Waals surface area contributed by atoms with Crippen LogP contribution in [0.5, 0.6) is 10.8 Å². The molecule has 0 spiro atoms. The summed E-state index contributed by atoms with van der Waals surface area (Å²) in [6, 6.07) is 12.4. The maximum Gasteiger partial charge on any atom is 0.207 e. The Hall–Kier alpha value is -1.98. The van der Waals surface area contributed by atoms with Gasteiger partial charge in [0.2, 0.25) is 5.06 Å². The molecule has 96 valence electrons. The second-order valence-electron chi connectivity index (χ2n) is 4.05. The Bertz CT molecular complexity index is 726. The maximum absolute atomic E-state index is 13.6. The van der Waals surface area contributed by atoms with Crippen LogP contribution in [0.2, 0.25) is 0 Å². The highest BCUT2D eigenvalue weighted by Gasteiger charge is 2.09. The smallest absolute Gasteiger partial charge is 0.207 e. The average Bonchev–Trinajstić information content (AvgIpc) is 2.83. The third-order valence-electron chi connectivity index (χ3n) is 2.81. The molecule has 0 aliphatic carbocycles.